The molecular weight excluding hydrogens is 308 g/mol. The van der Waals surface area contributed by atoms with Crippen molar-refractivity contribution in [1.29, 1.82) is 0 Å². The lowest BCUT2D eigenvalue weighted by atomic mass is 10.1. The Kier molecular flexibility index (Phi) is 5.68. The molecule has 0 unspecified atom stereocenters. The first-order chi connectivity index (χ1) is 11.5. The quantitative estimate of drug-likeness (QED) is 0.631. The summed E-state index contributed by atoms with van der Waals surface area (Å²) in [4.78, 5) is 35.0. The van der Waals surface area contributed by atoms with Crippen LogP contribution in [-0.2, 0) is 9.59 Å². The van der Waals surface area contributed by atoms with Crippen molar-refractivity contribution in [3.63, 3.8) is 0 Å². The maximum Gasteiger partial charge on any atom is 0.233 e. The van der Waals surface area contributed by atoms with Gasteiger partial charge in [-0.25, -0.2) is 0 Å². The molecule has 0 saturated heterocycles. The van der Waals surface area contributed by atoms with Gasteiger partial charge in [0.25, 0.3) is 0 Å². The number of benzene rings is 2. The van der Waals surface area contributed by atoms with E-state index in [1.807, 2.05) is 0 Å². The average Bonchev–Trinajstić information content (AvgIpc) is 2.55. The first kappa shape index (κ1) is 17.2. The number of Topliss-reactive ketones (excluding diaryl/α,β-unsaturated/α-hetero) is 1. The molecule has 0 aromatic heterocycles. The predicted molar refractivity (Wildman–Crippen MR) is 91.3 cm³/mol. The maximum absolute atomic E-state index is 11.9. The lowest BCUT2D eigenvalue weighted by Crippen LogP contribution is -2.21. The zero-order valence-electron chi connectivity index (χ0n) is 13.5. The summed E-state index contributed by atoms with van der Waals surface area (Å²) >= 11 is 0. The van der Waals surface area contributed by atoms with Crippen molar-refractivity contribution in [2.45, 2.75) is 13.3 Å². The first-order valence-electron chi connectivity index (χ1n) is 7.32. The summed E-state index contributed by atoms with van der Waals surface area (Å²) in [5.41, 5.74) is 1.64. The largest absolute Gasteiger partial charge is 0.497 e. The van der Waals surface area contributed by atoms with Gasteiger partial charge in [-0.05, 0) is 43.3 Å². The predicted octanol–water partition coefficient (Wildman–Crippen LogP) is 2.87. The van der Waals surface area contributed by atoms with E-state index >= 15 is 0 Å². The topological polar surface area (TPSA) is 84.5 Å². The van der Waals surface area contributed by atoms with Gasteiger partial charge in [-0.3, -0.25) is 14.4 Å². The van der Waals surface area contributed by atoms with Crippen LogP contribution >= 0.6 is 0 Å². The van der Waals surface area contributed by atoms with Gasteiger partial charge in [0.1, 0.15) is 12.2 Å². The number of anilines is 2. The van der Waals surface area contributed by atoms with Crippen LogP contribution in [0.3, 0.4) is 0 Å². The molecule has 0 heterocycles. The van der Waals surface area contributed by atoms with Gasteiger partial charge < -0.3 is 15.4 Å². The molecule has 0 aliphatic carbocycles. The van der Waals surface area contributed by atoms with Crippen molar-refractivity contribution in [3.8, 4) is 5.75 Å². The molecule has 6 nitrogen and oxygen atoms in total. The Bertz CT molecular complexity index is 754. The molecule has 2 N–H and O–H groups in total. The van der Waals surface area contributed by atoms with E-state index in [1.165, 1.54) is 14.0 Å². The van der Waals surface area contributed by atoms with Gasteiger partial charge in [0.2, 0.25) is 11.8 Å². The minimum absolute atomic E-state index is 0.0504. The van der Waals surface area contributed by atoms with E-state index in [0.29, 0.717) is 22.7 Å². The summed E-state index contributed by atoms with van der Waals surface area (Å²) in [6.45, 7) is 1.47. The molecule has 0 saturated carbocycles. The molecule has 2 rings (SSSR count). The molecule has 24 heavy (non-hydrogen) atoms. The highest BCUT2D eigenvalue weighted by molar-refractivity contribution is 6.08. The zero-order chi connectivity index (χ0) is 17.5. The van der Waals surface area contributed by atoms with Gasteiger partial charge >= 0.3 is 0 Å². The van der Waals surface area contributed by atoms with E-state index in [2.05, 4.69) is 10.6 Å². The van der Waals surface area contributed by atoms with Crippen molar-refractivity contribution >= 4 is 29.0 Å². The molecule has 0 fully saturated rings. The van der Waals surface area contributed by atoms with E-state index in [1.54, 1.807) is 48.5 Å². The highest BCUT2D eigenvalue weighted by Gasteiger charge is 2.10. The van der Waals surface area contributed by atoms with E-state index in [0.717, 1.165) is 0 Å². The Morgan fingerprint density at radius 1 is 0.917 bits per heavy atom. The molecular formula is C18H18N2O4. The third kappa shape index (κ3) is 4.95. The lowest BCUT2D eigenvalue weighted by molar-refractivity contribution is -0.123. The Labute approximate surface area is 139 Å². The van der Waals surface area contributed by atoms with Crippen LogP contribution in [0.5, 0.6) is 5.75 Å². The highest BCUT2D eigenvalue weighted by atomic mass is 16.5. The van der Waals surface area contributed by atoms with Gasteiger partial charge in [0.05, 0.1) is 7.11 Å². The van der Waals surface area contributed by atoms with E-state index < -0.39 is 11.8 Å². The average molecular weight is 326 g/mol. The lowest BCUT2D eigenvalue weighted by Gasteiger charge is -2.08. The summed E-state index contributed by atoms with van der Waals surface area (Å²) in [6, 6.07) is 13.3. The standard InChI is InChI=1S/C18H18N2O4/c1-12(21)13-6-8-14(9-7-13)19-17(22)11-18(23)20-15-4-3-5-16(10-15)24-2/h3-10H,11H2,1-2H3,(H,19,22)(H,20,23). The molecule has 0 bridgehead atoms. The SMILES string of the molecule is COc1cccc(NC(=O)CC(=O)Nc2ccc(C(C)=O)cc2)c1. The maximum atomic E-state index is 11.9. The van der Waals surface area contributed by atoms with Gasteiger partial charge in [-0.15, -0.1) is 0 Å². The van der Waals surface area contributed by atoms with Gasteiger partial charge in [-0.2, -0.15) is 0 Å². The first-order valence-corrected chi connectivity index (χ1v) is 7.32. The number of ether oxygens (including phenoxy) is 1. The van der Waals surface area contributed by atoms with Crippen LogP contribution in [0.4, 0.5) is 11.4 Å². The van der Waals surface area contributed by atoms with Crippen LogP contribution in [0.2, 0.25) is 0 Å². The molecule has 2 amide bonds. The summed E-state index contributed by atoms with van der Waals surface area (Å²) in [7, 11) is 1.53. The molecule has 0 atom stereocenters. The van der Waals surface area contributed by atoms with Gasteiger partial charge in [0.15, 0.2) is 5.78 Å². The smallest absolute Gasteiger partial charge is 0.233 e. The van der Waals surface area contributed by atoms with Crippen molar-refractivity contribution in [2.24, 2.45) is 0 Å². The van der Waals surface area contributed by atoms with Crippen molar-refractivity contribution in [3.05, 3.63) is 54.1 Å². The zero-order valence-corrected chi connectivity index (χ0v) is 13.5. The number of nitrogens with one attached hydrogen (secondary N) is 2. The van der Waals surface area contributed by atoms with E-state index in [9.17, 15) is 14.4 Å². The fraction of sp³-hybridized carbons (Fsp3) is 0.167. The number of hydrogen-bond donors (Lipinski definition) is 2. The Balaban J connectivity index is 1.89. The summed E-state index contributed by atoms with van der Waals surface area (Å²) < 4.78 is 5.07. The van der Waals surface area contributed by atoms with Crippen LogP contribution in [0.25, 0.3) is 0 Å². The minimum Gasteiger partial charge on any atom is -0.497 e. The monoisotopic (exact) mass is 326 g/mol. The number of rotatable bonds is 6. The molecule has 0 radical (unpaired) electrons. The second kappa shape index (κ2) is 7.92. The van der Waals surface area contributed by atoms with Crippen molar-refractivity contribution in [1.82, 2.24) is 0 Å². The second-order valence-corrected chi connectivity index (χ2v) is 5.14. The van der Waals surface area contributed by atoms with Crippen molar-refractivity contribution in [2.75, 3.05) is 17.7 Å². The highest BCUT2D eigenvalue weighted by Crippen LogP contribution is 2.17. The molecule has 2 aromatic carbocycles. The minimum atomic E-state index is -0.439. The Morgan fingerprint density at radius 3 is 2.12 bits per heavy atom. The Hall–Kier alpha value is -3.15. The fourth-order valence-electron chi connectivity index (χ4n) is 2.05. The molecule has 2 aromatic rings. The fourth-order valence-corrected chi connectivity index (χ4v) is 2.05. The number of carbonyl (C=O) groups excluding carboxylic acids is 3. The molecule has 0 spiro atoms. The molecule has 0 aliphatic rings. The number of amides is 2. The number of hydrogen-bond acceptors (Lipinski definition) is 4. The van der Waals surface area contributed by atoms with Crippen molar-refractivity contribution < 1.29 is 19.1 Å². The van der Waals surface area contributed by atoms with Crippen LogP contribution in [0.15, 0.2) is 48.5 Å². The number of ketones is 1. The van der Waals surface area contributed by atoms with Crippen LogP contribution in [0.1, 0.15) is 23.7 Å². The van der Waals surface area contributed by atoms with Crippen LogP contribution in [-0.4, -0.2) is 24.7 Å². The van der Waals surface area contributed by atoms with Gasteiger partial charge in [0, 0.05) is 23.0 Å². The third-order valence-electron chi connectivity index (χ3n) is 3.25. The van der Waals surface area contributed by atoms with Gasteiger partial charge in [-0.1, -0.05) is 6.07 Å². The summed E-state index contributed by atoms with van der Waals surface area (Å²) in [5.74, 6) is -0.305. The van der Waals surface area contributed by atoms with E-state index in [4.69, 9.17) is 4.74 Å². The second-order valence-electron chi connectivity index (χ2n) is 5.14. The van der Waals surface area contributed by atoms with Crippen LogP contribution < -0.4 is 15.4 Å². The number of carbonyl (C=O) groups is 3. The third-order valence-corrected chi connectivity index (χ3v) is 3.25. The van der Waals surface area contributed by atoms with Crippen LogP contribution in [0, 0.1) is 0 Å². The Morgan fingerprint density at radius 2 is 1.54 bits per heavy atom. The van der Waals surface area contributed by atoms with E-state index in [-0.39, 0.29) is 12.2 Å². The molecule has 0 aliphatic heterocycles. The summed E-state index contributed by atoms with van der Waals surface area (Å²) in [6.07, 6.45) is -0.314. The molecule has 6 heteroatoms. The normalized spacial score (nSPS) is 9.92. The summed E-state index contributed by atoms with van der Waals surface area (Å²) in [5, 5.41) is 5.24. The number of methoxy groups -OCH3 is 1. The molecule has 124 valence electrons.